The number of carbonyl (C=O) groups excluding carboxylic acids is 3. The summed E-state index contributed by atoms with van der Waals surface area (Å²) in [6.07, 6.45) is 1.39. The number of fused-ring (bicyclic) bond motifs is 1. The van der Waals surface area contributed by atoms with Gasteiger partial charge in [0, 0.05) is 16.8 Å². The Morgan fingerprint density at radius 1 is 0.784 bits per heavy atom. The molecule has 0 atom stereocenters. The van der Waals surface area contributed by atoms with Crippen LogP contribution in [0.25, 0.3) is 10.8 Å². The number of hydrogen-bond donors (Lipinski definition) is 3. The molecule has 4 rings (SSSR count). The van der Waals surface area contributed by atoms with Crippen LogP contribution in [0.4, 0.5) is 11.4 Å². The summed E-state index contributed by atoms with van der Waals surface area (Å²) >= 11 is 0. The summed E-state index contributed by atoms with van der Waals surface area (Å²) in [6, 6.07) is 26.7. The molecule has 9 heteroatoms. The Hall–Kier alpha value is -5.18. The molecule has 0 aromatic heterocycles. The Kier molecular flexibility index (Phi) is 8.07. The van der Waals surface area contributed by atoms with Gasteiger partial charge in [0.1, 0.15) is 11.5 Å². The lowest BCUT2D eigenvalue weighted by atomic mass is 10.1. The highest BCUT2D eigenvalue weighted by molar-refractivity contribution is 6.40. The Labute approximate surface area is 213 Å². The van der Waals surface area contributed by atoms with Gasteiger partial charge in [-0.1, -0.05) is 36.4 Å². The zero-order valence-electron chi connectivity index (χ0n) is 19.9. The van der Waals surface area contributed by atoms with Gasteiger partial charge < -0.3 is 20.1 Å². The van der Waals surface area contributed by atoms with E-state index in [1.807, 2.05) is 30.3 Å². The molecule has 0 saturated carbocycles. The molecule has 0 radical (unpaired) electrons. The number of hydrazone groups is 1. The summed E-state index contributed by atoms with van der Waals surface area (Å²) in [4.78, 5) is 36.5. The van der Waals surface area contributed by atoms with Gasteiger partial charge in [-0.2, -0.15) is 5.10 Å². The highest BCUT2D eigenvalue weighted by atomic mass is 16.5. The highest BCUT2D eigenvalue weighted by Crippen LogP contribution is 2.22. The van der Waals surface area contributed by atoms with E-state index in [0.717, 1.165) is 10.8 Å². The molecule has 3 N–H and O–H groups in total. The van der Waals surface area contributed by atoms with Crippen molar-refractivity contribution in [2.75, 3.05) is 24.4 Å². The molecule has 4 aromatic carbocycles. The van der Waals surface area contributed by atoms with Crippen LogP contribution in [0.15, 0.2) is 96.1 Å². The number of carbonyl (C=O) groups is 3. The summed E-state index contributed by atoms with van der Waals surface area (Å²) in [6.45, 7) is -0.165. The highest BCUT2D eigenvalue weighted by Gasteiger charge is 2.14. The topological polar surface area (TPSA) is 118 Å². The van der Waals surface area contributed by atoms with Crippen molar-refractivity contribution in [2.45, 2.75) is 0 Å². The van der Waals surface area contributed by atoms with Crippen molar-refractivity contribution < 1.29 is 23.9 Å². The average molecular weight is 497 g/mol. The Morgan fingerprint density at radius 3 is 2.24 bits per heavy atom. The van der Waals surface area contributed by atoms with Crippen molar-refractivity contribution in [2.24, 2.45) is 5.10 Å². The van der Waals surface area contributed by atoms with E-state index in [-0.39, 0.29) is 12.5 Å². The first kappa shape index (κ1) is 24.9. The lowest BCUT2D eigenvalue weighted by Crippen LogP contribution is -2.32. The van der Waals surface area contributed by atoms with Gasteiger partial charge in [0.25, 0.3) is 5.91 Å². The van der Waals surface area contributed by atoms with Gasteiger partial charge in [-0.15, -0.1) is 0 Å². The summed E-state index contributed by atoms with van der Waals surface area (Å²) in [5.74, 6) is -0.848. The maximum absolute atomic E-state index is 12.3. The van der Waals surface area contributed by atoms with Crippen molar-refractivity contribution in [3.63, 3.8) is 0 Å². The maximum Gasteiger partial charge on any atom is 0.329 e. The van der Waals surface area contributed by atoms with E-state index in [9.17, 15) is 14.4 Å². The summed E-state index contributed by atoms with van der Waals surface area (Å²) < 4.78 is 10.6. The molecule has 0 aliphatic carbocycles. The molecular weight excluding hydrogens is 472 g/mol. The summed E-state index contributed by atoms with van der Waals surface area (Å²) in [5, 5.41) is 10.9. The molecule has 37 heavy (non-hydrogen) atoms. The number of ether oxygens (including phenoxy) is 2. The number of anilines is 2. The molecule has 186 valence electrons. The Bertz CT molecular complexity index is 1430. The number of methoxy groups -OCH3 is 1. The summed E-state index contributed by atoms with van der Waals surface area (Å²) in [7, 11) is 1.57. The van der Waals surface area contributed by atoms with Gasteiger partial charge in [-0.05, 0) is 65.5 Å². The standard InChI is InChI=1S/C28H24N4O5/c1-36-22-15-11-21(12-16-22)30-26(33)18-37-23-13-9-19(10-14-23)17-29-32-28(35)27(34)31-25-8-4-6-20-5-2-3-7-24(20)25/h2-17H,18H2,1H3,(H,30,33)(H,31,34)(H,32,35)/b29-17-. The van der Waals surface area contributed by atoms with Crippen LogP contribution in [0.3, 0.4) is 0 Å². The molecule has 0 aliphatic heterocycles. The van der Waals surface area contributed by atoms with Gasteiger partial charge in [0.2, 0.25) is 0 Å². The largest absolute Gasteiger partial charge is 0.497 e. The predicted octanol–water partition coefficient (Wildman–Crippen LogP) is 3.95. The number of rotatable bonds is 8. The predicted molar refractivity (Wildman–Crippen MR) is 142 cm³/mol. The van der Waals surface area contributed by atoms with Gasteiger partial charge >= 0.3 is 11.8 Å². The van der Waals surface area contributed by atoms with Gasteiger partial charge in [0.15, 0.2) is 6.61 Å². The van der Waals surface area contributed by atoms with E-state index in [1.54, 1.807) is 67.8 Å². The van der Waals surface area contributed by atoms with Crippen LogP contribution in [0.1, 0.15) is 5.56 Å². The normalized spacial score (nSPS) is 10.6. The molecule has 0 fully saturated rings. The van der Waals surface area contributed by atoms with E-state index < -0.39 is 11.8 Å². The fraction of sp³-hybridized carbons (Fsp3) is 0.0714. The lowest BCUT2D eigenvalue weighted by Gasteiger charge is -2.08. The number of nitrogens with zero attached hydrogens (tertiary/aromatic N) is 1. The van der Waals surface area contributed by atoms with Crippen LogP contribution in [0.2, 0.25) is 0 Å². The third-order valence-corrected chi connectivity index (χ3v) is 5.25. The molecule has 0 unspecified atom stereocenters. The lowest BCUT2D eigenvalue weighted by molar-refractivity contribution is -0.136. The van der Waals surface area contributed by atoms with Crippen molar-refractivity contribution in [3.8, 4) is 11.5 Å². The minimum Gasteiger partial charge on any atom is -0.497 e. The molecule has 0 heterocycles. The second-order valence-electron chi connectivity index (χ2n) is 7.81. The van der Waals surface area contributed by atoms with E-state index >= 15 is 0 Å². The van der Waals surface area contributed by atoms with Crippen LogP contribution in [0.5, 0.6) is 11.5 Å². The van der Waals surface area contributed by atoms with Crippen LogP contribution >= 0.6 is 0 Å². The smallest absolute Gasteiger partial charge is 0.329 e. The summed E-state index contributed by atoms with van der Waals surface area (Å²) in [5.41, 5.74) is 4.04. The number of nitrogens with one attached hydrogen (secondary N) is 3. The molecule has 0 spiro atoms. The fourth-order valence-corrected chi connectivity index (χ4v) is 3.40. The minimum absolute atomic E-state index is 0.165. The molecular formula is C28H24N4O5. The van der Waals surface area contributed by atoms with Crippen LogP contribution < -0.4 is 25.5 Å². The quantitative estimate of drug-likeness (QED) is 0.194. The third kappa shape index (κ3) is 6.92. The second-order valence-corrected chi connectivity index (χ2v) is 7.81. The van der Waals surface area contributed by atoms with E-state index in [1.165, 1.54) is 6.21 Å². The molecule has 3 amide bonds. The minimum atomic E-state index is -0.896. The monoisotopic (exact) mass is 496 g/mol. The first-order chi connectivity index (χ1) is 18.0. The number of hydrogen-bond acceptors (Lipinski definition) is 6. The molecule has 0 bridgehead atoms. The number of amides is 3. The van der Waals surface area contributed by atoms with Crippen molar-refractivity contribution in [3.05, 3.63) is 96.6 Å². The van der Waals surface area contributed by atoms with Crippen LogP contribution in [-0.4, -0.2) is 37.7 Å². The first-order valence-electron chi connectivity index (χ1n) is 11.3. The zero-order valence-corrected chi connectivity index (χ0v) is 19.9. The van der Waals surface area contributed by atoms with E-state index in [2.05, 4.69) is 21.2 Å². The zero-order chi connectivity index (χ0) is 26.0. The Morgan fingerprint density at radius 2 is 1.49 bits per heavy atom. The van der Waals surface area contributed by atoms with Crippen LogP contribution in [-0.2, 0) is 14.4 Å². The van der Waals surface area contributed by atoms with E-state index in [4.69, 9.17) is 9.47 Å². The first-order valence-corrected chi connectivity index (χ1v) is 11.3. The van der Waals surface area contributed by atoms with Crippen molar-refractivity contribution in [1.82, 2.24) is 5.43 Å². The SMILES string of the molecule is COc1ccc(NC(=O)COc2ccc(/C=N\NC(=O)C(=O)Nc3cccc4ccccc34)cc2)cc1. The fourth-order valence-electron chi connectivity index (χ4n) is 3.40. The van der Waals surface area contributed by atoms with Gasteiger partial charge in [0.05, 0.1) is 13.3 Å². The van der Waals surface area contributed by atoms with Crippen LogP contribution in [0, 0.1) is 0 Å². The third-order valence-electron chi connectivity index (χ3n) is 5.25. The van der Waals surface area contributed by atoms with E-state index in [0.29, 0.717) is 28.4 Å². The maximum atomic E-state index is 12.3. The molecule has 0 saturated heterocycles. The Balaban J connectivity index is 1.23. The number of benzene rings is 4. The van der Waals surface area contributed by atoms with Gasteiger partial charge in [-0.25, -0.2) is 5.43 Å². The van der Waals surface area contributed by atoms with Crippen molar-refractivity contribution >= 4 is 46.1 Å². The average Bonchev–Trinajstić information content (AvgIpc) is 2.93. The molecule has 9 nitrogen and oxygen atoms in total. The van der Waals surface area contributed by atoms with Crippen molar-refractivity contribution in [1.29, 1.82) is 0 Å². The van der Waals surface area contributed by atoms with Gasteiger partial charge in [-0.3, -0.25) is 14.4 Å². The second kappa shape index (κ2) is 12.0. The molecule has 0 aliphatic rings. The molecule has 4 aromatic rings.